The predicted molar refractivity (Wildman–Crippen MR) is 81.3 cm³/mol. The third-order valence-electron chi connectivity index (χ3n) is 3.12. The van der Waals surface area contributed by atoms with Crippen molar-refractivity contribution in [3.05, 3.63) is 23.8 Å². The molecule has 5 nitrogen and oxygen atoms in total. The average molecular weight is 292 g/mol. The van der Waals surface area contributed by atoms with E-state index in [2.05, 4.69) is 11.4 Å². The maximum absolute atomic E-state index is 9.28. The molecule has 116 valence electrons. The first-order valence-electron chi connectivity index (χ1n) is 7.03. The van der Waals surface area contributed by atoms with Crippen LogP contribution < -0.4 is 14.8 Å². The summed E-state index contributed by atoms with van der Waals surface area (Å²) in [6.07, 6.45) is 0.562. The number of methoxy groups -OCH3 is 1. The molecule has 0 heterocycles. The van der Waals surface area contributed by atoms with Crippen LogP contribution in [0.4, 0.5) is 0 Å². The van der Waals surface area contributed by atoms with E-state index in [1.165, 1.54) is 0 Å². The van der Waals surface area contributed by atoms with Crippen molar-refractivity contribution in [2.24, 2.45) is 0 Å². The molecule has 0 aliphatic carbocycles. The fourth-order valence-corrected chi connectivity index (χ4v) is 2.09. The number of aliphatic hydroxyl groups is 1. The number of aliphatic hydroxyl groups excluding tert-OH is 1. The van der Waals surface area contributed by atoms with Crippen LogP contribution in [0, 0.1) is 11.3 Å². The number of rotatable bonds is 8. The maximum Gasteiger partial charge on any atom is 0.161 e. The molecule has 1 aromatic rings. The molecule has 0 radical (unpaired) electrons. The third-order valence-corrected chi connectivity index (χ3v) is 3.12. The summed E-state index contributed by atoms with van der Waals surface area (Å²) in [6, 6.07) is 7.81. The van der Waals surface area contributed by atoms with Gasteiger partial charge in [0.05, 0.1) is 26.4 Å². The molecular formula is C16H24N2O3. The number of nitrogens with zero attached hydrogens (tertiary/aromatic N) is 1. The summed E-state index contributed by atoms with van der Waals surface area (Å²) in [7, 11) is 1.56. The summed E-state index contributed by atoms with van der Waals surface area (Å²) in [5, 5.41) is 21.6. The Morgan fingerprint density at radius 3 is 2.62 bits per heavy atom. The summed E-state index contributed by atoms with van der Waals surface area (Å²) in [6.45, 7) is 6.24. The summed E-state index contributed by atoms with van der Waals surface area (Å²) < 4.78 is 11.0. The van der Waals surface area contributed by atoms with E-state index < -0.39 is 5.54 Å². The van der Waals surface area contributed by atoms with E-state index in [0.29, 0.717) is 24.5 Å². The van der Waals surface area contributed by atoms with Gasteiger partial charge in [0.25, 0.3) is 0 Å². The lowest BCUT2D eigenvalue weighted by Gasteiger charge is -2.26. The molecule has 1 atom stereocenters. The summed E-state index contributed by atoms with van der Waals surface area (Å²) in [5.41, 5.74) is 0.148. The lowest BCUT2D eigenvalue weighted by Crippen LogP contribution is -2.45. The van der Waals surface area contributed by atoms with Gasteiger partial charge >= 0.3 is 0 Å². The lowest BCUT2D eigenvalue weighted by atomic mass is 9.99. The minimum absolute atomic E-state index is 0.0402. The van der Waals surface area contributed by atoms with Crippen molar-refractivity contribution < 1.29 is 14.6 Å². The first-order chi connectivity index (χ1) is 9.94. The molecule has 0 spiro atoms. The Morgan fingerprint density at radius 1 is 1.38 bits per heavy atom. The van der Waals surface area contributed by atoms with E-state index in [9.17, 15) is 5.26 Å². The van der Waals surface area contributed by atoms with Crippen LogP contribution >= 0.6 is 0 Å². The number of nitriles is 1. The van der Waals surface area contributed by atoms with Crippen LogP contribution in [0.15, 0.2) is 18.2 Å². The highest BCUT2D eigenvalue weighted by atomic mass is 16.5. The maximum atomic E-state index is 9.28. The van der Waals surface area contributed by atoms with Crippen molar-refractivity contribution in [3.63, 3.8) is 0 Å². The van der Waals surface area contributed by atoms with Gasteiger partial charge < -0.3 is 14.6 Å². The van der Waals surface area contributed by atoms with Gasteiger partial charge in [0.15, 0.2) is 11.5 Å². The molecule has 0 aliphatic heterocycles. The standard InChI is InChI=1S/C16H24N2O3/c1-12(2)18-16(3,11-17)7-8-21-14-6-5-13(10-19)9-15(14)20-4/h5-6,9,12,18-19H,7-8,10H2,1-4H3. The van der Waals surface area contributed by atoms with Crippen molar-refractivity contribution >= 4 is 0 Å². The minimum Gasteiger partial charge on any atom is -0.493 e. The second-order valence-electron chi connectivity index (χ2n) is 5.48. The zero-order valence-electron chi connectivity index (χ0n) is 13.1. The second-order valence-corrected chi connectivity index (χ2v) is 5.48. The van der Waals surface area contributed by atoms with Crippen molar-refractivity contribution in [2.45, 2.75) is 45.4 Å². The predicted octanol–water partition coefficient (Wildman–Crippen LogP) is 2.24. The summed E-state index contributed by atoms with van der Waals surface area (Å²) >= 11 is 0. The van der Waals surface area contributed by atoms with Crippen LogP contribution in [0.25, 0.3) is 0 Å². The highest BCUT2D eigenvalue weighted by Crippen LogP contribution is 2.28. The topological polar surface area (TPSA) is 74.5 Å². The number of benzene rings is 1. The SMILES string of the molecule is COc1cc(CO)ccc1OCCC(C)(C#N)NC(C)C. The molecule has 0 saturated heterocycles. The average Bonchev–Trinajstić information content (AvgIpc) is 2.46. The van der Waals surface area contributed by atoms with E-state index in [0.717, 1.165) is 5.56 Å². The number of nitrogens with one attached hydrogen (secondary N) is 1. The van der Waals surface area contributed by atoms with Crippen LogP contribution in [0.5, 0.6) is 11.5 Å². The quantitative estimate of drug-likeness (QED) is 0.768. The van der Waals surface area contributed by atoms with Gasteiger partial charge in [-0.2, -0.15) is 5.26 Å². The monoisotopic (exact) mass is 292 g/mol. The van der Waals surface area contributed by atoms with Crippen LogP contribution in [0.3, 0.4) is 0 Å². The van der Waals surface area contributed by atoms with Crippen LogP contribution in [-0.4, -0.2) is 30.4 Å². The zero-order chi connectivity index (χ0) is 15.9. The second kappa shape index (κ2) is 7.87. The molecule has 5 heteroatoms. The van der Waals surface area contributed by atoms with Gasteiger partial charge in [-0.15, -0.1) is 0 Å². The molecular weight excluding hydrogens is 268 g/mol. The van der Waals surface area contributed by atoms with Gasteiger partial charge in [-0.05, 0) is 38.5 Å². The molecule has 1 aromatic carbocycles. The van der Waals surface area contributed by atoms with Crippen molar-refractivity contribution in [1.82, 2.24) is 5.32 Å². The molecule has 0 bridgehead atoms. The number of ether oxygens (including phenoxy) is 2. The number of hydrogen-bond acceptors (Lipinski definition) is 5. The molecule has 0 aromatic heterocycles. The Hall–Kier alpha value is -1.77. The third kappa shape index (κ3) is 5.25. The van der Waals surface area contributed by atoms with Gasteiger partial charge in [0.1, 0.15) is 5.54 Å². The smallest absolute Gasteiger partial charge is 0.161 e. The van der Waals surface area contributed by atoms with E-state index in [1.54, 1.807) is 25.3 Å². The Kier molecular flexibility index (Phi) is 6.47. The van der Waals surface area contributed by atoms with Gasteiger partial charge in [-0.25, -0.2) is 0 Å². The zero-order valence-corrected chi connectivity index (χ0v) is 13.1. The Bertz CT molecular complexity index is 497. The molecule has 0 aliphatic rings. The van der Waals surface area contributed by atoms with Gasteiger partial charge in [0, 0.05) is 12.5 Å². The van der Waals surface area contributed by atoms with Gasteiger partial charge in [-0.1, -0.05) is 6.07 Å². The van der Waals surface area contributed by atoms with Crippen molar-refractivity contribution in [1.29, 1.82) is 5.26 Å². The molecule has 0 amide bonds. The van der Waals surface area contributed by atoms with E-state index in [-0.39, 0.29) is 12.6 Å². The fraction of sp³-hybridized carbons (Fsp3) is 0.562. The molecule has 21 heavy (non-hydrogen) atoms. The Labute approximate surface area is 126 Å². The van der Waals surface area contributed by atoms with E-state index >= 15 is 0 Å². The van der Waals surface area contributed by atoms with E-state index in [4.69, 9.17) is 14.6 Å². The Balaban J connectivity index is 2.65. The normalized spacial score (nSPS) is 13.6. The summed E-state index contributed by atoms with van der Waals surface area (Å²) in [5.74, 6) is 1.19. The fourth-order valence-electron chi connectivity index (χ4n) is 2.09. The molecule has 0 saturated carbocycles. The van der Waals surface area contributed by atoms with Crippen LogP contribution in [-0.2, 0) is 6.61 Å². The van der Waals surface area contributed by atoms with Crippen LogP contribution in [0.1, 0.15) is 32.8 Å². The van der Waals surface area contributed by atoms with E-state index in [1.807, 2.05) is 20.8 Å². The molecule has 2 N–H and O–H groups in total. The summed E-state index contributed by atoms with van der Waals surface area (Å²) in [4.78, 5) is 0. The Morgan fingerprint density at radius 2 is 2.10 bits per heavy atom. The first-order valence-corrected chi connectivity index (χ1v) is 7.03. The first kappa shape index (κ1) is 17.3. The highest BCUT2D eigenvalue weighted by molar-refractivity contribution is 5.42. The molecule has 1 rings (SSSR count). The number of hydrogen-bond donors (Lipinski definition) is 2. The van der Waals surface area contributed by atoms with Crippen molar-refractivity contribution in [3.8, 4) is 17.6 Å². The van der Waals surface area contributed by atoms with Gasteiger partial charge in [0.2, 0.25) is 0 Å². The minimum atomic E-state index is -0.619. The molecule has 0 fully saturated rings. The molecule has 1 unspecified atom stereocenters. The largest absolute Gasteiger partial charge is 0.493 e. The lowest BCUT2D eigenvalue weighted by molar-refractivity contribution is 0.248. The van der Waals surface area contributed by atoms with Crippen molar-refractivity contribution in [2.75, 3.05) is 13.7 Å². The highest BCUT2D eigenvalue weighted by Gasteiger charge is 2.24. The van der Waals surface area contributed by atoms with Crippen LogP contribution in [0.2, 0.25) is 0 Å². The van der Waals surface area contributed by atoms with Gasteiger partial charge in [-0.3, -0.25) is 5.32 Å².